The molecule has 0 saturated carbocycles. The van der Waals surface area contributed by atoms with E-state index in [4.69, 9.17) is 18.9 Å². The van der Waals surface area contributed by atoms with E-state index in [1.54, 1.807) is 57.4 Å². The van der Waals surface area contributed by atoms with E-state index in [0.29, 0.717) is 49.0 Å². The van der Waals surface area contributed by atoms with Gasteiger partial charge in [0.15, 0.2) is 16.3 Å². The number of halogens is 3. The molecule has 0 fully saturated rings. The number of benzene rings is 3. The van der Waals surface area contributed by atoms with Crippen molar-refractivity contribution in [3.8, 4) is 17.2 Å². The largest absolute Gasteiger partial charge is 0.493 e. The molecule has 12 heteroatoms. The van der Waals surface area contributed by atoms with Crippen molar-refractivity contribution in [1.82, 2.24) is 4.57 Å². The highest BCUT2D eigenvalue weighted by molar-refractivity contribution is 14.1. The van der Waals surface area contributed by atoms with Gasteiger partial charge in [0.1, 0.15) is 18.2 Å². The number of hydrogen-bond donors (Lipinski definition) is 0. The number of allylic oxidation sites excluding steroid dienone is 1. The van der Waals surface area contributed by atoms with Crippen LogP contribution in [-0.4, -0.2) is 30.4 Å². The molecule has 0 bridgehead atoms. The molecule has 8 nitrogen and oxygen atoms in total. The minimum atomic E-state index is -0.827. The van der Waals surface area contributed by atoms with Crippen LogP contribution in [-0.2, 0) is 16.1 Å². The second-order valence-corrected chi connectivity index (χ2v) is 14.0. The van der Waals surface area contributed by atoms with E-state index >= 15 is 0 Å². The van der Waals surface area contributed by atoms with Crippen LogP contribution in [0.2, 0.25) is 0 Å². The molecule has 1 atom stereocenters. The SMILES string of the molecule is CCOC(=O)C1=C(C)N=c2s/c(=C/c3cc(I)cc(I)c3OCc3ccccc3F)c(=O)n2[C@@H]1c1ccc(OC(C)C)c(OC)c1. The van der Waals surface area contributed by atoms with Crippen LogP contribution in [0.25, 0.3) is 6.08 Å². The summed E-state index contributed by atoms with van der Waals surface area (Å²) in [6, 6.07) is 14.8. The number of ether oxygens (including phenoxy) is 4. The van der Waals surface area contributed by atoms with Gasteiger partial charge in [-0.3, -0.25) is 9.36 Å². The molecule has 3 aromatic carbocycles. The molecule has 0 aliphatic carbocycles. The van der Waals surface area contributed by atoms with Gasteiger partial charge in [0.05, 0.1) is 45.2 Å². The van der Waals surface area contributed by atoms with Crippen LogP contribution in [0.1, 0.15) is 50.4 Å². The van der Waals surface area contributed by atoms with Crippen LogP contribution in [0, 0.1) is 13.0 Å². The number of fused-ring (bicyclic) bond motifs is 1. The number of nitrogens with zero attached hydrogens (tertiary/aromatic N) is 2. The molecule has 0 spiro atoms. The number of methoxy groups -OCH3 is 1. The summed E-state index contributed by atoms with van der Waals surface area (Å²) < 4.78 is 41.1. The molecule has 46 heavy (non-hydrogen) atoms. The van der Waals surface area contributed by atoms with Crippen molar-refractivity contribution in [2.45, 2.75) is 46.4 Å². The molecule has 0 unspecified atom stereocenters. The van der Waals surface area contributed by atoms with Gasteiger partial charge in [-0.05, 0) is 115 Å². The molecule has 5 rings (SSSR count). The van der Waals surface area contributed by atoms with Gasteiger partial charge in [-0.1, -0.05) is 35.6 Å². The van der Waals surface area contributed by atoms with Crippen molar-refractivity contribution in [2.24, 2.45) is 4.99 Å². The summed E-state index contributed by atoms with van der Waals surface area (Å²) in [4.78, 5) is 32.7. The summed E-state index contributed by atoms with van der Waals surface area (Å²) in [5.74, 6) is 0.631. The highest BCUT2D eigenvalue weighted by Crippen LogP contribution is 2.37. The van der Waals surface area contributed by atoms with E-state index in [-0.39, 0.29) is 36.3 Å². The first-order chi connectivity index (χ1) is 22.0. The fourth-order valence-electron chi connectivity index (χ4n) is 5.06. The second kappa shape index (κ2) is 14.7. The van der Waals surface area contributed by atoms with Crippen LogP contribution in [0.3, 0.4) is 0 Å². The van der Waals surface area contributed by atoms with Crippen LogP contribution in [0.15, 0.2) is 75.7 Å². The lowest BCUT2D eigenvalue weighted by Gasteiger charge is -2.25. The minimum absolute atomic E-state index is 0.0196. The Bertz CT molecular complexity index is 2020. The molecule has 240 valence electrons. The molecule has 0 amide bonds. The number of aromatic nitrogens is 1. The van der Waals surface area contributed by atoms with E-state index in [1.165, 1.54) is 22.0 Å². The zero-order chi connectivity index (χ0) is 33.1. The van der Waals surface area contributed by atoms with E-state index in [2.05, 4.69) is 50.2 Å². The average molecular weight is 869 g/mol. The molecule has 4 aromatic rings. The molecule has 0 radical (unpaired) electrons. The Morgan fingerprint density at radius 1 is 1.13 bits per heavy atom. The van der Waals surface area contributed by atoms with Crippen molar-refractivity contribution >= 4 is 68.6 Å². The van der Waals surface area contributed by atoms with Crippen LogP contribution >= 0.6 is 56.5 Å². The standard InChI is InChI=1S/C34H31FI2N2O6S/c1-6-43-33(41)29-19(4)38-34-39(30(29)20-11-12-26(45-18(2)3)27(14-20)42-5)32(40)28(46-34)15-22-13-23(36)16-25(37)31(22)44-17-21-9-7-8-10-24(21)35/h7-16,18,30H,6,17H2,1-5H3/b28-15+/t30-/m1/s1. The van der Waals surface area contributed by atoms with Gasteiger partial charge in [-0.15, -0.1) is 0 Å². The first-order valence-corrected chi connectivity index (χ1v) is 17.4. The Balaban J connectivity index is 1.67. The van der Waals surface area contributed by atoms with Crippen molar-refractivity contribution in [1.29, 1.82) is 0 Å². The molecule has 2 heterocycles. The van der Waals surface area contributed by atoms with E-state index in [0.717, 1.165) is 7.14 Å². The zero-order valence-corrected chi connectivity index (χ0v) is 30.9. The Morgan fingerprint density at radius 2 is 1.89 bits per heavy atom. The number of rotatable bonds is 10. The summed E-state index contributed by atoms with van der Waals surface area (Å²) in [5.41, 5.74) is 2.10. The third-order valence-corrected chi connectivity index (χ3v) is 9.44. The Morgan fingerprint density at radius 3 is 2.59 bits per heavy atom. The summed E-state index contributed by atoms with van der Waals surface area (Å²) in [7, 11) is 1.54. The van der Waals surface area contributed by atoms with E-state index in [9.17, 15) is 14.0 Å². The fraction of sp³-hybridized carbons (Fsp3) is 0.265. The van der Waals surface area contributed by atoms with Crippen molar-refractivity contribution in [2.75, 3.05) is 13.7 Å². The Labute approximate surface area is 296 Å². The molecule has 1 aliphatic heterocycles. The van der Waals surface area contributed by atoms with Gasteiger partial charge >= 0.3 is 5.97 Å². The van der Waals surface area contributed by atoms with Crippen molar-refractivity contribution in [3.63, 3.8) is 0 Å². The lowest BCUT2D eigenvalue weighted by atomic mass is 9.95. The molecule has 0 N–H and O–H groups in total. The summed E-state index contributed by atoms with van der Waals surface area (Å²) in [5, 5.41) is 0. The maximum Gasteiger partial charge on any atom is 0.338 e. The quantitative estimate of drug-likeness (QED) is 0.133. The Kier molecular flexibility index (Phi) is 10.9. The van der Waals surface area contributed by atoms with Gasteiger partial charge in [0, 0.05) is 14.7 Å². The summed E-state index contributed by atoms with van der Waals surface area (Å²) in [6.07, 6.45) is 1.67. The smallest absolute Gasteiger partial charge is 0.338 e. The van der Waals surface area contributed by atoms with Gasteiger partial charge in [-0.25, -0.2) is 14.2 Å². The lowest BCUT2D eigenvalue weighted by Crippen LogP contribution is -2.40. The average Bonchev–Trinajstić information content (AvgIpc) is 3.30. The minimum Gasteiger partial charge on any atom is -0.493 e. The first kappa shape index (κ1) is 34.1. The van der Waals surface area contributed by atoms with Gasteiger partial charge in [0.25, 0.3) is 5.56 Å². The van der Waals surface area contributed by atoms with Crippen molar-refractivity contribution < 1.29 is 28.1 Å². The van der Waals surface area contributed by atoms with Gasteiger partial charge in [0.2, 0.25) is 0 Å². The second-order valence-electron chi connectivity index (χ2n) is 10.6. The third kappa shape index (κ3) is 7.18. The topological polar surface area (TPSA) is 88.4 Å². The monoisotopic (exact) mass is 868 g/mol. The predicted molar refractivity (Wildman–Crippen MR) is 192 cm³/mol. The lowest BCUT2D eigenvalue weighted by molar-refractivity contribution is -0.139. The number of esters is 1. The highest BCUT2D eigenvalue weighted by atomic mass is 127. The number of carbonyl (C=O) groups is 1. The normalized spacial score (nSPS) is 14.6. The molecule has 1 aromatic heterocycles. The van der Waals surface area contributed by atoms with E-state index in [1.807, 2.05) is 32.0 Å². The molecule has 0 saturated heterocycles. The first-order valence-electron chi connectivity index (χ1n) is 14.4. The van der Waals surface area contributed by atoms with Crippen LogP contribution in [0.5, 0.6) is 17.2 Å². The van der Waals surface area contributed by atoms with Gasteiger partial charge < -0.3 is 18.9 Å². The van der Waals surface area contributed by atoms with Crippen molar-refractivity contribution in [3.05, 3.63) is 115 Å². The number of hydrogen-bond acceptors (Lipinski definition) is 8. The Hall–Kier alpha value is -3.24. The number of thiazole rings is 1. The van der Waals surface area contributed by atoms with Gasteiger partial charge in [-0.2, -0.15) is 0 Å². The summed E-state index contributed by atoms with van der Waals surface area (Å²) >= 11 is 5.60. The predicted octanol–water partition coefficient (Wildman–Crippen LogP) is 6.52. The summed E-state index contributed by atoms with van der Waals surface area (Å²) in [6.45, 7) is 7.49. The maximum absolute atomic E-state index is 14.4. The molecular formula is C34H31FI2N2O6S. The zero-order valence-electron chi connectivity index (χ0n) is 25.7. The van der Waals surface area contributed by atoms with Crippen LogP contribution < -0.4 is 29.1 Å². The molecular weight excluding hydrogens is 837 g/mol. The number of carbonyl (C=O) groups excluding carboxylic acids is 1. The van der Waals surface area contributed by atoms with Crippen LogP contribution in [0.4, 0.5) is 4.39 Å². The fourth-order valence-corrected chi connectivity index (χ4v) is 8.14. The van der Waals surface area contributed by atoms with E-state index < -0.39 is 12.0 Å². The molecule has 1 aliphatic rings. The third-order valence-electron chi connectivity index (χ3n) is 7.04. The highest BCUT2D eigenvalue weighted by Gasteiger charge is 2.34. The maximum atomic E-state index is 14.4.